The van der Waals surface area contributed by atoms with Gasteiger partial charge in [0.1, 0.15) is 11.5 Å². The average Bonchev–Trinajstić information content (AvgIpc) is 2.34. The maximum Gasteiger partial charge on any atom is 0.163 e. The highest BCUT2D eigenvalue weighted by molar-refractivity contribution is 5.97. The smallest absolute Gasteiger partial charge is 0.163 e. The Morgan fingerprint density at radius 1 is 1.28 bits per heavy atom. The second-order valence-corrected chi connectivity index (χ2v) is 4.06. The number of nitrogen functional groups attached to an aromatic ring is 1. The summed E-state index contributed by atoms with van der Waals surface area (Å²) >= 11 is 0. The van der Waals surface area contributed by atoms with Crippen LogP contribution in [0, 0.1) is 6.92 Å². The van der Waals surface area contributed by atoms with Crippen LogP contribution in [-0.2, 0) is 0 Å². The normalized spacial score (nSPS) is 10.1. The highest BCUT2D eigenvalue weighted by Gasteiger charge is 2.10. The first-order valence-corrected chi connectivity index (χ1v) is 5.57. The Bertz CT molecular complexity index is 594. The second kappa shape index (κ2) is 4.87. The van der Waals surface area contributed by atoms with Gasteiger partial charge in [-0.25, -0.2) is 0 Å². The fraction of sp³-hybridized carbons (Fsp3) is 0.143. The maximum absolute atomic E-state index is 11.5. The minimum Gasteiger partial charge on any atom is -0.456 e. The molecule has 92 valence electrons. The Morgan fingerprint density at radius 3 is 2.72 bits per heavy atom. The summed E-state index contributed by atoms with van der Waals surface area (Å²) in [7, 11) is 0. The number of nitrogens with zero attached hydrogens (tertiary/aromatic N) is 1. The number of anilines is 1. The molecule has 0 radical (unpaired) electrons. The molecule has 0 unspecified atom stereocenters. The van der Waals surface area contributed by atoms with Crippen molar-refractivity contribution in [1.82, 2.24) is 4.98 Å². The first-order valence-electron chi connectivity index (χ1n) is 5.57. The molecule has 1 heterocycles. The van der Waals surface area contributed by atoms with Crippen molar-refractivity contribution in [3.8, 4) is 11.5 Å². The minimum atomic E-state index is -0.0796. The molecule has 2 N–H and O–H groups in total. The summed E-state index contributed by atoms with van der Waals surface area (Å²) in [6, 6.07) is 6.79. The highest BCUT2D eigenvalue weighted by atomic mass is 16.5. The van der Waals surface area contributed by atoms with Crippen molar-refractivity contribution in [2.75, 3.05) is 5.73 Å². The Hall–Kier alpha value is -2.36. The number of ketones is 1. The van der Waals surface area contributed by atoms with Crippen LogP contribution in [0.25, 0.3) is 0 Å². The van der Waals surface area contributed by atoms with Crippen LogP contribution in [0.15, 0.2) is 36.7 Å². The second-order valence-electron chi connectivity index (χ2n) is 4.06. The van der Waals surface area contributed by atoms with E-state index in [0.29, 0.717) is 22.7 Å². The fourth-order valence-electron chi connectivity index (χ4n) is 1.61. The number of ether oxygens (including phenoxy) is 1. The quantitative estimate of drug-likeness (QED) is 0.663. The first kappa shape index (κ1) is 12.1. The van der Waals surface area contributed by atoms with Gasteiger partial charge in [0.15, 0.2) is 5.78 Å². The topological polar surface area (TPSA) is 65.2 Å². The zero-order chi connectivity index (χ0) is 13.1. The largest absolute Gasteiger partial charge is 0.456 e. The minimum absolute atomic E-state index is 0.0796. The van der Waals surface area contributed by atoms with Crippen LogP contribution in [0.5, 0.6) is 11.5 Å². The van der Waals surface area contributed by atoms with Gasteiger partial charge in [0.05, 0.1) is 5.56 Å². The summed E-state index contributed by atoms with van der Waals surface area (Å²) in [5.74, 6) is 1.10. The highest BCUT2D eigenvalue weighted by Crippen LogP contribution is 2.28. The van der Waals surface area contributed by atoms with E-state index < -0.39 is 0 Å². The number of pyridine rings is 1. The molecule has 0 aliphatic rings. The summed E-state index contributed by atoms with van der Waals surface area (Å²) in [6.07, 6.45) is 3.35. The zero-order valence-electron chi connectivity index (χ0n) is 10.3. The molecule has 0 atom stereocenters. The van der Waals surface area contributed by atoms with Gasteiger partial charge in [-0.2, -0.15) is 0 Å². The van der Waals surface area contributed by atoms with Gasteiger partial charge in [-0.05, 0) is 38.1 Å². The first-order chi connectivity index (χ1) is 8.58. The number of aryl methyl sites for hydroxylation is 1. The van der Waals surface area contributed by atoms with E-state index in [1.807, 2.05) is 6.92 Å². The number of aromatic nitrogens is 1. The molecule has 0 saturated heterocycles. The monoisotopic (exact) mass is 242 g/mol. The lowest BCUT2D eigenvalue weighted by molar-refractivity contribution is 0.101. The SMILES string of the molecule is CC(=O)c1cc(N)ccc1Oc1ccncc1C. The number of hydrogen-bond acceptors (Lipinski definition) is 4. The predicted octanol–water partition coefficient (Wildman–Crippen LogP) is 2.97. The van der Waals surface area contributed by atoms with Gasteiger partial charge in [0, 0.05) is 23.6 Å². The van der Waals surface area contributed by atoms with Crippen LogP contribution in [0.4, 0.5) is 5.69 Å². The molecule has 0 bridgehead atoms. The Morgan fingerprint density at radius 2 is 2.06 bits per heavy atom. The molecule has 0 saturated carbocycles. The molecule has 4 nitrogen and oxygen atoms in total. The molecule has 18 heavy (non-hydrogen) atoms. The van der Waals surface area contributed by atoms with E-state index in [1.54, 1.807) is 36.7 Å². The molecule has 0 spiro atoms. The zero-order valence-corrected chi connectivity index (χ0v) is 10.3. The number of Topliss-reactive ketones (excluding diaryl/α,β-unsaturated/α-hetero) is 1. The Kier molecular flexibility index (Phi) is 3.28. The summed E-state index contributed by atoms with van der Waals surface area (Å²) < 4.78 is 5.74. The predicted molar refractivity (Wildman–Crippen MR) is 69.9 cm³/mol. The maximum atomic E-state index is 11.5. The van der Waals surface area contributed by atoms with Crippen molar-refractivity contribution in [2.45, 2.75) is 13.8 Å². The van der Waals surface area contributed by atoms with Crippen molar-refractivity contribution < 1.29 is 9.53 Å². The number of carbonyl (C=O) groups excluding carboxylic acids is 1. The van der Waals surface area contributed by atoms with Crippen LogP contribution >= 0.6 is 0 Å². The number of carbonyl (C=O) groups is 1. The summed E-state index contributed by atoms with van der Waals surface area (Å²) in [6.45, 7) is 3.38. The third-order valence-corrected chi connectivity index (χ3v) is 2.57. The Balaban J connectivity index is 2.41. The van der Waals surface area contributed by atoms with E-state index in [1.165, 1.54) is 6.92 Å². The molecule has 0 aliphatic heterocycles. The fourth-order valence-corrected chi connectivity index (χ4v) is 1.61. The summed E-state index contributed by atoms with van der Waals surface area (Å²) in [5, 5.41) is 0. The molecular formula is C14H14N2O2. The van der Waals surface area contributed by atoms with Crippen molar-refractivity contribution >= 4 is 11.5 Å². The molecule has 0 fully saturated rings. The molecule has 1 aromatic carbocycles. The van der Waals surface area contributed by atoms with Gasteiger partial charge in [-0.15, -0.1) is 0 Å². The van der Waals surface area contributed by atoms with E-state index >= 15 is 0 Å². The van der Waals surface area contributed by atoms with Crippen LogP contribution in [0.1, 0.15) is 22.8 Å². The molecule has 1 aromatic heterocycles. The molecule has 0 amide bonds. The van der Waals surface area contributed by atoms with Gasteiger partial charge >= 0.3 is 0 Å². The van der Waals surface area contributed by atoms with Crippen molar-refractivity contribution in [2.24, 2.45) is 0 Å². The molecule has 4 heteroatoms. The summed E-state index contributed by atoms with van der Waals surface area (Å²) in [5.41, 5.74) is 7.60. The molecule has 0 aliphatic carbocycles. The van der Waals surface area contributed by atoms with Crippen molar-refractivity contribution in [3.05, 3.63) is 47.8 Å². The van der Waals surface area contributed by atoms with Gasteiger partial charge in [-0.1, -0.05) is 0 Å². The summed E-state index contributed by atoms with van der Waals surface area (Å²) in [4.78, 5) is 15.5. The van der Waals surface area contributed by atoms with E-state index in [4.69, 9.17) is 10.5 Å². The number of benzene rings is 1. The van der Waals surface area contributed by atoms with Gasteiger partial charge in [0.2, 0.25) is 0 Å². The third kappa shape index (κ3) is 2.48. The van der Waals surface area contributed by atoms with Gasteiger partial charge in [0.25, 0.3) is 0 Å². The van der Waals surface area contributed by atoms with Gasteiger partial charge in [-0.3, -0.25) is 9.78 Å². The lowest BCUT2D eigenvalue weighted by Gasteiger charge is -2.11. The molecule has 2 aromatic rings. The van der Waals surface area contributed by atoms with E-state index in [9.17, 15) is 4.79 Å². The Labute approximate surface area is 105 Å². The van der Waals surface area contributed by atoms with E-state index in [2.05, 4.69) is 4.98 Å². The average molecular weight is 242 g/mol. The van der Waals surface area contributed by atoms with E-state index in [-0.39, 0.29) is 5.78 Å². The number of nitrogens with two attached hydrogens (primary N) is 1. The van der Waals surface area contributed by atoms with Crippen LogP contribution in [-0.4, -0.2) is 10.8 Å². The van der Waals surface area contributed by atoms with Crippen LogP contribution in [0.3, 0.4) is 0 Å². The van der Waals surface area contributed by atoms with Crippen LogP contribution in [0.2, 0.25) is 0 Å². The third-order valence-electron chi connectivity index (χ3n) is 2.57. The van der Waals surface area contributed by atoms with Crippen molar-refractivity contribution in [1.29, 1.82) is 0 Å². The molecular weight excluding hydrogens is 228 g/mol. The standard InChI is InChI=1S/C14H14N2O2/c1-9-8-16-6-5-13(9)18-14-4-3-11(15)7-12(14)10(2)17/h3-8H,15H2,1-2H3. The van der Waals surface area contributed by atoms with Crippen LogP contribution < -0.4 is 10.5 Å². The number of rotatable bonds is 3. The van der Waals surface area contributed by atoms with E-state index in [0.717, 1.165) is 5.56 Å². The number of hydrogen-bond donors (Lipinski definition) is 1. The molecule has 2 rings (SSSR count). The lowest BCUT2D eigenvalue weighted by atomic mass is 10.1. The van der Waals surface area contributed by atoms with Gasteiger partial charge < -0.3 is 10.5 Å². The van der Waals surface area contributed by atoms with Crippen molar-refractivity contribution in [3.63, 3.8) is 0 Å². The lowest BCUT2D eigenvalue weighted by Crippen LogP contribution is -1.99.